The van der Waals surface area contributed by atoms with E-state index in [9.17, 15) is 18.4 Å². The van der Waals surface area contributed by atoms with Crippen molar-refractivity contribution in [3.8, 4) is 0 Å². The van der Waals surface area contributed by atoms with Crippen LogP contribution in [0.5, 0.6) is 0 Å². The third-order valence-electron chi connectivity index (χ3n) is 9.05. The zero-order valence-electron chi connectivity index (χ0n) is 22.2. The normalized spacial score (nSPS) is 25.4. The Morgan fingerprint density at radius 3 is 2.35 bits per heavy atom. The summed E-state index contributed by atoms with van der Waals surface area (Å²) < 4.78 is 28.5. The van der Waals surface area contributed by atoms with E-state index in [0.717, 1.165) is 30.9 Å². The fourth-order valence-electron chi connectivity index (χ4n) is 6.88. The SMILES string of the molecule is CNC(=O)[C@@H]1CC2(CCN(C(=O)[C@@H]3CN(C(C)(C)C)C[C@H]3c3ccc(F)cc3F)CC2)c2ccccc21. The van der Waals surface area contributed by atoms with Gasteiger partial charge in [-0.15, -0.1) is 0 Å². The van der Waals surface area contributed by atoms with Crippen molar-refractivity contribution in [1.29, 1.82) is 0 Å². The molecule has 0 unspecified atom stereocenters. The van der Waals surface area contributed by atoms with Crippen LogP contribution in [-0.4, -0.2) is 60.4 Å². The Balaban J connectivity index is 1.37. The Morgan fingerprint density at radius 1 is 1.00 bits per heavy atom. The van der Waals surface area contributed by atoms with Crippen LogP contribution in [0.25, 0.3) is 0 Å². The molecule has 0 aromatic heterocycles. The Hall–Kier alpha value is -2.80. The minimum Gasteiger partial charge on any atom is -0.359 e. The van der Waals surface area contributed by atoms with Crippen LogP contribution in [0.4, 0.5) is 8.78 Å². The van der Waals surface area contributed by atoms with Gasteiger partial charge in [-0.1, -0.05) is 30.3 Å². The summed E-state index contributed by atoms with van der Waals surface area (Å²) in [7, 11) is 1.68. The molecule has 2 amide bonds. The van der Waals surface area contributed by atoms with E-state index in [-0.39, 0.29) is 40.5 Å². The first-order valence-electron chi connectivity index (χ1n) is 13.3. The number of hydrogen-bond acceptors (Lipinski definition) is 3. The molecule has 5 rings (SSSR count). The number of halogens is 2. The van der Waals surface area contributed by atoms with E-state index < -0.39 is 11.6 Å². The van der Waals surface area contributed by atoms with Gasteiger partial charge < -0.3 is 10.2 Å². The topological polar surface area (TPSA) is 52.7 Å². The molecule has 2 aromatic rings. The van der Waals surface area contributed by atoms with Crippen molar-refractivity contribution in [3.05, 3.63) is 70.8 Å². The first-order valence-corrected chi connectivity index (χ1v) is 13.3. The summed E-state index contributed by atoms with van der Waals surface area (Å²) in [4.78, 5) is 30.8. The maximum Gasteiger partial charge on any atom is 0.227 e. The van der Waals surface area contributed by atoms with Crippen LogP contribution in [0.3, 0.4) is 0 Å². The van der Waals surface area contributed by atoms with Crippen molar-refractivity contribution < 1.29 is 18.4 Å². The minimum absolute atomic E-state index is 0.0419. The number of piperidine rings is 1. The molecule has 0 radical (unpaired) electrons. The number of benzene rings is 2. The first kappa shape index (κ1) is 25.8. The van der Waals surface area contributed by atoms with Gasteiger partial charge in [0.05, 0.1) is 11.8 Å². The van der Waals surface area contributed by atoms with Gasteiger partial charge >= 0.3 is 0 Å². The van der Waals surface area contributed by atoms with E-state index in [1.54, 1.807) is 7.05 Å². The Labute approximate surface area is 218 Å². The van der Waals surface area contributed by atoms with Crippen LogP contribution in [0, 0.1) is 17.6 Å². The second-order valence-corrected chi connectivity index (χ2v) is 12.0. The van der Waals surface area contributed by atoms with Crippen LogP contribution in [0.15, 0.2) is 42.5 Å². The van der Waals surface area contributed by atoms with Gasteiger partial charge in [0.2, 0.25) is 11.8 Å². The highest BCUT2D eigenvalue weighted by molar-refractivity contribution is 5.85. The molecule has 0 saturated carbocycles. The fraction of sp³-hybridized carbons (Fsp3) is 0.533. The molecule has 5 nitrogen and oxygen atoms in total. The predicted molar refractivity (Wildman–Crippen MR) is 139 cm³/mol. The molecule has 3 atom stereocenters. The number of likely N-dealkylation sites (N-methyl/N-ethyl adjacent to an activating group) is 1. The number of fused-ring (bicyclic) bond motifs is 2. The van der Waals surface area contributed by atoms with Gasteiger partial charge in [0, 0.05) is 56.2 Å². The Bertz CT molecular complexity index is 1200. The number of carbonyl (C=O) groups is 2. The van der Waals surface area contributed by atoms with E-state index >= 15 is 0 Å². The van der Waals surface area contributed by atoms with E-state index in [0.29, 0.717) is 31.7 Å². The molecular weight excluding hydrogens is 472 g/mol. The van der Waals surface area contributed by atoms with Crippen LogP contribution in [0.2, 0.25) is 0 Å². The molecule has 7 heteroatoms. The second-order valence-electron chi connectivity index (χ2n) is 12.0. The van der Waals surface area contributed by atoms with E-state index in [1.165, 1.54) is 17.7 Å². The zero-order chi connectivity index (χ0) is 26.5. The molecule has 1 N–H and O–H groups in total. The predicted octanol–water partition coefficient (Wildman–Crippen LogP) is 4.57. The molecule has 2 aromatic carbocycles. The highest BCUT2D eigenvalue weighted by Gasteiger charge is 2.50. The molecular formula is C30H37F2N3O2. The molecule has 2 aliphatic heterocycles. The van der Waals surface area contributed by atoms with E-state index in [1.807, 2.05) is 17.0 Å². The molecule has 2 fully saturated rings. The Kier molecular flexibility index (Phi) is 6.63. The quantitative estimate of drug-likeness (QED) is 0.660. The van der Waals surface area contributed by atoms with Gasteiger partial charge in [-0.3, -0.25) is 14.5 Å². The van der Waals surface area contributed by atoms with Crippen molar-refractivity contribution in [2.45, 2.75) is 62.8 Å². The van der Waals surface area contributed by atoms with Crippen molar-refractivity contribution in [2.75, 3.05) is 33.2 Å². The lowest BCUT2D eigenvalue weighted by atomic mass is 9.73. The number of nitrogens with one attached hydrogen (secondary N) is 1. The molecule has 37 heavy (non-hydrogen) atoms. The number of hydrogen-bond donors (Lipinski definition) is 1. The smallest absolute Gasteiger partial charge is 0.227 e. The average Bonchev–Trinajstić information content (AvgIpc) is 3.45. The van der Waals surface area contributed by atoms with Crippen molar-refractivity contribution in [3.63, 3.8) is 0 Å². The number of amides is 2. The summed E-state index contributed by atoms with van der Waals surface area (Å²) in [6.07, 6.45) is 2.36. The molecule has 2 saturated heterocycles. The molecule has 2 heterocycles. The van der Waals surface area contributed by atoms with Gasteiger partial charge in [0.25, 0.3) is 0 Å². The van der Waals surface area contributed by atoms with Crippen LogP contribution >= 0.6 is 0 Å². The second kappa shape index (κ2) is 9.50. The van der Waals surface area contributed by atoms with E-state index in [2.05, 4.69) is 43.1 Å². The third-order valence-corrected chi connectivity index (χ3v) is 9.05. The summed E-state index contributed by atoms with van der Waals surface area (Å²) in [5.41, 5.74) is 2.48. The summed E-state index contributed by atoms with van der Waals surface area (Å²) in [5, 5.41) is 2.82. The fourth-order valence-corrected chi connectivity index (χ4v) is 6.88. The summed E-state index contributed by atoms with van der Waals surface area (Å²) in [6, 6.07) is 11.9. The maximum atomic E-state index is 14.9. The van der Waals surface area contributed by atoms with Crippen molar-refractivity contribution in [2.24, 2.45) is 5.92 Å². The first-order chi connectivity index (χ1) is 17.5. The maximum absolute atomic E-state index is 14.9. The number of nitrogens with zero attached hydrogens (tertiary/aromatic N) is 2. The summed E-state index contributed by atoms with van der Waals surface area (Å²) >= 11 is 0. The van der Waals surface area contributed by atoms with Crippen molar-refractivity contribution in [1.82, 2.24) is 15.1 Å². The lowest BCUT2D eigenvalue weighted by Gasteiger charge is -2.41. The molecule has 0 bridgehead atoms. The molecule has 3 aliphatic rings. The minimum atomic E-state index is -0.608. The number of carbonyl (C=O) groups excluding carboxylic acids is 2. The van der Waals surface area contributed by atoms with Gasteiger partial charge in [-0.05, 0) is 62.8 Å². The summed E-state index contributed by atoms with van der Waals surface area (Å²) in [6.45, 7) is 8.62. The van der Waals surface area contributed by atoms with Gasteiger partial charge in [0.1, 0.15) is 11.6 Å². The summed E-state index contributed by atoms with van der Waals surface area (Å²) in [5.74, 6) is -1.98. The highest BCUT2D eigenvalue weighted by atomic mass is 19.1. The lowest BCUT2D eigenvalue weighted by molar-refractivity contribution is -0.137. The number of rotatable bonds is 3. The lowest BCUT2D eigenvalue weighted by Crippen LogP contribution is -2.48. The van der Waals surface area contributed by atoms with Crippen LogP contribution < -0.4 is 5.32 Å². The average molecular weight is 510 g/mol. The largest absolute Gasteiger partial charge is 0.359 e. The van der Waals surface area contributed by atoms with Gasteiger partial charge in [0.15, 0.2) is 0 Å². The Morgan fingerprint density at radius 2 is 1.70 bits per heavy atom. The van der Waals surface area contributed by atoms with E-state index in [4.69, 9.17) is 0 Å². The van der Waals surface area contributed by atoms with Crippen LogP contribution in [0.1, 0.15) is 68.6 Å². The number of likely N-dealkylation sites (tertiary alicyclic amines) is 2. The highest BCUT2D eigenvalue weighted by Crippen LogP contribution is 2.52. The van der Waals surface area contributed by atoms with Crippen LogP contribution in [-0.2, 0) is 15.0 Å². The third kappa shape index (κ3) is 4.56. The monoisotopic (exact) mass is 509 g/mol. The zero-order valence-corrected chi connectivity index (χ0v) is 22.2. The molecule has 1 spiro atoms. The van der Waals surface area contributed by atoms with Gasteiger partial charge in [-0.25, -0.2) is 8.78 Å². The van der Waals surface area contributed by atoms with Crippen molar-refractivity contribution >= 4 is 11.8 Å². The standard InChI is InChI=1S/C30H37F2N3O2/c1-29(2,3)35-17-23(21-10-9-19(31)15-26(21)32)24(18-35)28(37)34-13-11-30(12-14-34)16-22(27(36)33-4)20-7-5-6-8-25(20)30/h5-10,15,22-24H,11-14,16-18H2,1-4H3,(H,33,36)/t22-,23+,24-/m1/s1. The molecule has 1 aliphatic carbocycles. The van der Waals surface area contributed by atoms with Gasteiger partial charge in [-0.2, -0.15) is 0 Å². The molecule has 198 valence electrons.